The smallest absolute Gasteiger partial charge is 0.257 e. The number of likely N-dealkylation sites (tertiary alicyclic amines) is 1. The standard InChI is InChI=1S/C25H28N4O3S2/c1-19-6-5-14-29(16-19)17-23-18-33-25(26-23)27-24(30)21-9-11-22(12-10-21)28-34(31,32)15-13-20-7-3-2-4-8-20/h2-4,7-13,15,18-19,28H,5-6,14,16-17H2,1H3,(H,26,27,30)/b15-13+. The van der Waals surface area contributed by atoms with Crippen LogP contribution >= 0.6 is 11.3 Å². The summed E-state index contributed by atoms with van der Waals surface area (Å²) in [7, 11) is -3.67. The summed E-state index contributed by atoms with van der Waals surface area (Å²) in [6.07, 6.45) is 4.02. The van der Waals surface area contributed by atoms with Gasteiger partial charge in [-0.05, 0) is 61.2 Å². The van der Waals surface area contributed by atoms with Gasteiger partial charge in [-0.3, -0.25) is 19.7 Å². The van der Waals surface area contributed by atoms with Crippen LogP contribution in [0.25, 0.3) is 6.08 Å². The van der Waals surface area contributed by atoms with E-state index in [-0.39, 0.29) is 5.91 Å². The molecule has 1 amide bonds. The number of amides is 1. The molecule has 0 radical (unpaired) electrons. The first-order chi connectivity index (χ1) is 16.4. The molecular weight excluding hydrogens is 468 g/mol. The van der Waals surface area contributed by atoms with Crippen molar-refractivity contribution in [2.45, 2.75) is 26.3 Å². The van der Waals surface area contributed by atoms with Crippen LogP contribution in [0, 0.1) is 5.92 Å². The number of thiazole rings is 1. The summed E-state index contributed by atoms with van der Waals surface area (Å²) in [6.45, 7) is 5.24. The average molecular weight is 497 g/mol. The molecule has 0 spiro atoms. The Balaban J connectivity index is 1.32. The Kier molecular flexibility index (Phi) is 7.77. The number of rotatable bonds is 8. The van der Waals surface area contributed by atoms with Crippen molar-refractivity contribution in [3.05, 3.63) is 82.2 Å². The van der Waals surface area contributed by atoms with Crippen LogP contribution in [-0.2, 0) is 16.6 Å². The zero-order valence-corrected chi connectivity index (χ0v) is 20.6. The zero-order valence-electron chi connectivity index (χ0n) is 19.0. The highest BCUT2D eigenvalue weighted by Crippen LogP contribution is 2.22. The summed E-state index contributed by atoms with van der Waals surface area (Å²) in [4.78, 5) is 19.6. The van der Waals surface area contributed by atoms with E-state index in [4.69, 9.17) is 0 Å². The van der Waals surface area contributed by atoms with Gasteiger partial charge in [0, 0.05) is 29.7 Å². The van der Waals surface area contributed by atoms with Gasteiger partial charge in [0.25, 0.3) is 15.9 Å². The maximum Gasteiger partial charge on any atom is 0.257 e. The number of sulfonamides is 1. The van der Waals surface area contributed by atoms with Crippen molar-refractivity contribution < 1.29 is 13.2 Å². The topological polar surface area (TPSA) is 91.4 Å². The molecule has 1 unspecified atom stereocenters. The van der Waals surface area contributed by atoms with E-state index in [0.29, 0.717) is 22.3 Å². The van der Waals surface area contributed by atoms with E-state index in [9.17, 15) is 13.2 Å². The van der Waals surface area contributed by atoms with E-state index in [2.05, 4.69) is 26.8 Å². The lowest BCUT2D eigenvalue weighted by atomic mass is 10.0. The molecule has 1 aliphatic rings. The van der Waals surface area contributed by atoms with Crippen molar-refractivity contribution in [3.63, 3.8) is 0 Å². The van der Waals surface area contributed by atoms with Crippen LogP contribution in [0.15, 0.2) is 65.4 Å². The van der Waals surface area contributed by atoms with E-state index in [1.54, 1.807) is 24.3 Å². The molecule has 1 aromatic heterocycles. The number of hydrogen-bond acceptors (Lipinski definition) is 6. The molecule has 0 aliphatic carbocycles. The second-order valence-corrected chi connectivity index (χ2v) is 10.9. The van der Waals surface area contributed by atoms with E-state index in [1.807, 2.05) is 35.7 Å². The largest absolute Gasteiger partial charge is 0.298 e. The molecule has 7 nitrogen and oxygen atoms in total. The van der Waals surface area contributed by atoms with Crippen molar-refractivity contribution >= 4 is 44.2 Å². The van der Waals surface area contributed by atoms with Crippen LogP contribution in [0.4, 0.5) is 10.8 Å². The first-order valence-corrected chi connectivity index (χ1v) is 13.6. The van der Waals surface area contributed by atoms with Gasteiger partial charge in [0.1, 0.15) is 0 Å². The third-order valence-electron chi connectivity index (χ3n) is 5.55. The predicted octanol–water partition coefficient (Wildman–Crippen LogP) is 5.04. The summed E-state index contributed by atoms with van der Waals surface area (Å²) in [6, 6.07) is 15.5. The van der Waals surface area contributed by atoms with Crippen LogP contribution in [0.3, 0.4) is 0 Å². The van der Waals surface area contributed by atoms with Crippen molar-refractivity contribution in [1.29, 1.82) is 0 Å². The van der Waals surface area contributed by atoms with Gasteiger partial charge in [-0.15, -0.1) is 11.3 Å². The summed E-state index contributed by atoms with van der Waals surface area (Å²) < 4.78 is 27.1. The number of carbonyl (C=O) groups is 1. The van der Waals surface area contributed by atoms with Gasteiger partial charge in [0.05, 0.1) is 11.1 Å². The molecule has 1 atom stereocenters. The third kappa shape index (κ3) is 6.99. The number of carbonyl (C=O) groups excluding carboxylic acids is 1. The van der Waals surface area contributed by atoms with Gasteiger partial charge in [-0.2, -0.15) is 0 Å². The quantitative estimate of drug-likeness (QED) is 0.456. The Labute approximate surface area is 204 Å². The maximum absolute atomic E-state index is 12.6. The lowest BCUT2D eigenvalue weighted by Crippen LogP contribution is -2.33. The fourth-order valence-corrected chi connectivity index (χ4v) is 5.45. The van der Waals surface area contributed by atoms with E-state index < -0.39 is 10.0 Å². The Hall–Kier alpha value is -3.01. The first-order valence-electron chi connectivity index (χ1n) is 11.2. The van der Waals surface area contributed by atoms with Crippen LogP contribution in [0.5, 0.6) is 0 Å². The van der Waals surface area contributed by atoms with Gasteiger partial charge in [0.15, 0.2) is 5.13 Å². The summed E-state index contributed by atoms with van der Waals surface area (Å²) >= 11 is 1.41. The van der Waals surface area contributed by atoms with E-state index >= 15 is 0 Å². The highest BCUT2D eigenvalue weighted by molar-refractivity contribution is 7.95. The number of aromatic nitrogens is 1. The predicted molar refractivity (Wildman–Crippen MR) is 138 cm³/mol. The SMILES string of the molecule is CC1CCCN(Cc2csc(NC(=O)c3ccc(NS(=O)(=O)/C=C/c4ccccc4)cc3)n2)C1. The highest BCUT2D eigenvalue weighted by Gasteiger charge is 2.18. The minimum atomic E-state index is -3.67. The molecule has 178 valence electrons. The van der Waals surface area contributed by atoms with Gasteiger partial charge >= 0.3 is 0 Å². The fraction of sp³-hybridized carbons (Fsp3) is 0.280. The second kappa shape index (κ2) is 10.9. The van der Waals surface area contributed by atoms with Crippen molar-refractivity contribution in [2.75, 3.05) is 23.1 Å². The van der Waals surface area contributed by atoms with Gasteiger partial charge < -0.3 is 0 Å². The number of nitrogens with zero attached hydrogens (tertiary/aromatic N) is 2. The maximum atomic E-state index is 12.6. The third-order valence-corrected chi connectivity index (χ3v) is 7.37. The highest BCUT2D eigenvalue weighted by atomic mass is 32.2. The van der Waals surface area contributed by atoms with Gasteiger partial charge in [0.2, 0.25) is 0 Å². The lowest BCUT2D eigenvalue weighted by Gasteiger charge is -2.30. The molecule has 3 aromatic rings. The van der Waals surface area contributed by atoms with Gasteiger partial charge in [-0.1, -0.05) is 37.3 Å². The molecule has 4 rings (SSSR count). The Morgan fingerprint density at radius 3 is 2.68 bits per heavy atom. The monoisotopic (exact) mass is 496 g/mol. The normalized spacial score (nSPS) is 17.0. The van der Waals surface area contributed by atoms with Crippen molar-refractivity contribution in [3.8, 4) is 0 Å². The van der Waals surface area contributed by atoms with E-state index in [0.717, 1.165) is 36.3 Å². The lowest BCUT2D eigenvalue weighted by molar-refractivity contribution is 0.102. The molecule has 1 aliphatic heterocycles. The number of hydrogen-bond donors (Lipinski definition) is 2. The van der Waals surface area contributed by atoms with Crippen LogP contribution in [0.1, 0.15) is 41.4 Å². The Morgan fingerprint density at radius 1 is 1.18 bits per heavy atom. The Bertz CT molecular complexity index is 1240. The summed E-state index contributed by atoms with van der Waals surface area (Å²) in [5.74, 6) is 0.421. The van der Waals surface area contributed by atoms with Crippen LogP contribution < -0.4 is 10.0 Å². The average Bonchev–Trinajstić information content (AvgIpc) is 3.25. The molecule has 1 saturated heterocycles. The van der Waals surface area contributed by atoms with E-state index in [1.165, 1.54) is 30.3 Å². The molecule has 2 N–H and O–H groups in total. The number of nitrogens with one attached hydrogen (secondary N) is 2. The molecule has 0 saturated carbocycles. The molecule has 34 heavy (non-hydrogen) atoms. The van der Waals surface area contributed by atoms with Gasteiger partial charge in [-0.25, -0.2) is 13.4 Å². The van der Waals surface area contributed by atoms with Crippen molar-refractivity contribution in [2.24, 2.45) is 5.92 Å². The van der Waals surface area contributed by atoms with Crippen LogP contribution in [0.2, 0.25) is 0 Å². The molecule has 0 bridgehead atoms. The van der Waals surface area contributed by atoms with Crippen molar-refractivity contribution in [1.82, 2.24) is 9.88 Å². The molecule has 2 aromatic carbocycles. The summed E-state index contributed by atoms with van der Waals surface area (Å²) in [5, 5.41) is 6.49. The second-order valence-electron chi connectivity index (χ2n) is 8.52. The molecular formula is C25H28N4O3S2. The zero-order chi connectivity index (χ0) is 24.0. The minimum Gasteiger partial charge on any atom is -0.298 e. The Morgan fingerprint density at radius 2 is 1.94 bits per heavy atom. The molecule has 2 heterocycles. The summed E-state index contributed by atoms with van der Waals surface area (Å²) in [5.41, 5.74) is 2.55. The molecule has 1 fully saturated rings. The first kappa shape index (κ1) is 24.1. The minimum absolute atomic E-state index is 0.286. The number of benzene rings is 2. The fourth-order valence-electron chi connectivity index (χ4n) is 3.89. The number of anilines is 2. The number of piperidine rings is 1. The van der Waals surface area contributed by atoms with Crippen LogP contribution in [-0.4, -0.2) is 37.3 Å². The molecule has 9 heteroatoms.